The first-order valence-electron chi connectivity index (χ1n) is 12.1. The van der Waals surface area contributed by atoms with Crippen LogP contribution in [0.5, 0.6) is 0 Å². The average molecular weight is 497 g/mol. The lowest BCUT2D eigenvalue weighted by Crippen LogP contribution is -2.36. The van der Waals surface area contributed by atoms with E-state index in [0.29, 0.717) is 17.2 Å². The molecule has 8 nitrogen and oxygen atoms in total. The van der Waals surface area contributed by atoms with E-state index in [9.17, 15) is 4.79 Å². The van der Waals surface area contributed by atoms with Crippen LogP contribution in [0.25, 0.3) is 5.70 Å². The van der Waals surface area contributed by atoms with Crippen molar-refractivity contribution < 1.29 is 9.53 Å². The fourth-order valence-electron chi connectivity index (χ4n) is 3.86. The molecule has 3 aromatic carbocycles. The Bertz CT molecular complexity index is 1250. The number of allylic oxidation sites excluding steroid dienone is 1. The van der Waals surface area contributed by atoms with Gasteiger partial charge in [-0.2, -0.15) is 0 Å². The number of benzene rings is 3. The molecule has 1 saturated heterocycles. The van der Waals surface area contributed by atoms with E-state index in [-0.39, 0.29) is 5.91 Å². The van der Waals surface area contributed by atoms with Crippen molar-refractivity contribution in [1.82, 2.24) is 0 Å². The second-order valence-corrected chi connectivity index (χ2v) is 8.57. The van der Waals surface area contributed by atoms with E-state index in [1.807, 2.05) is 54.6 Å². The Kier molecular flexibility index (Phi) is 8.70. The standard InChI is InChI=1S/C29H32N6O2/c1-21(33-24-11-13-26(14-12-24)35-17-19-37-20-18-35)32-16-15-27(30)22-7-9-25(10-8-22)34-29(36)28(31)23-5-3-2-4-6-23/h2-16,28,33H,1,17-20,30-31H2,(H,34,36)/b27-15-,32-16?/t28-/m1/s1. The van der Waals surface area contributed by atoms with Crippen LogP contribution < -0.4 is 27.0 Å². The van der Waals surface area contributed by atoms with Gasteiger partial charge in [-0.25, -0.2) is 4.99 Å². The minimum absolute atomic E-state index is 0.281. The molecule has 1 amide bonds. The molecule has 0 saturated carbocycles. The van der Waals surface area contributed by atoms with Gasteiger partial charge in [0.2, 0.25) is 5.91 Å². The Hall–Kier alpha value is -4.40. The number of carbonyl (C=O) groups excluding carboxylic acids is 1. The molecule has 37 heavy (non-hydrogen) atoms. The van der Waals surface area contributed by atoms with Gasteiger partial charge in [0.05, 0.1) is 13.2 Å². The molecule has 4 rings (SSSR count). The molecule has 0 bridgehead atoms. The van der Waals surface area contributed by atoms with Crippen LogP contribution in [-0.2, 0) is 9.53 Å². The first kappa shape index (κ1) is 25.7. The van der Waals surface area contributed by atoms with E-state index >= 15 is 0 Å². The molecule has 0 spiro atoms. The third-order valence-electron chi connectivity index (χ3n) is 5.94. The molecule has 1 atom stereocenters. The summed E-state index contributed by atoms with van der Waals surface area (Å²) in [6, 6.07) is 23.9. The Balaban J connectivity index is 1.27. The number of aliphatic imine (C=N–C) groups is 1. The van der Waals surface area contributed by atoms with Gasteiger partial charge in [-0.1, -0.05) is 49.0 Å². The summed E-state index contributed by atoms with van der Waals surface area (Å²) in [7, 11) is 0. The monoisotopic (exact) mass is 496 g/mol. The summed E-state index contributed by atoms with van der Waals surface area (Å²) in [6.45, 7) is 7.26. The summed E-state index contributed by atoms with van der Waals surface area (Å²) in [6.07, 6.45) is 3.30. The Morgan fingerprint density at radius 1 is 0.946 bits per heavy atom. The zero-order valence-corrected chi connectivity index (χ0v) is 20.6. The summed E-state index contributed by atoms with van der Waals surface area (Å²) in [5.41, 5.74) is 17.0. The lowest BCUT2D eigenvalue weighted by Gasteiger charge is -2.28. The molecule has 190 valence electrons. The molecule has 3 aromatic rings. The van der Waals surface area contributed by atoms with Crippen LogP contribution in [0.15, 0.2) is 102 Å². The summed E-state index contributed by atoms with van der Waals surface area (Å²) in [5.74, 6) is 0.215. The molecule has 1 aliphatic heterocycles. The maximum Gasteiger partial charge on any atom is 0.245 e. The van der Waals surface area contributed by atoms with Gasteiger partial charge >= 0.3 is 0 Å². The summed E-state index contributed by atoms with van der Waals surface area (Å²) >= 11 is 0. The molecule has 0 aromatic heterocycles. The van der Waals surface area contributed by atoms with E-state index in [2.05, 4.69) is 39.2 Å². The van der Waals surface area contributed by atoms with Crippen molar-refractivity contribution >= 4 is 34.9 Å². The van der Waals surface area contributed by atoms with E-state index in [1.54, 1.807) is 24.4 Å². The maximum absolute atomic E-state index is 12.4. The highest BCUT2D eigenvalue weighted by Crippen LogP contribution is 2.20. The van der Waals surface area contributed by atoms with Gasteiger partial charge in [0.1, 0.15) is 11.9 Å². The highest BCUT2D eigenvalue weighted by Gasteiger charge is 2.15. The van der Waals surface area contributed by atoms with Gasteiger partial charge in [0, 0.05) is 42.1 Å². The van der Waals surface area contributed by atoms with Crippen molar-refractivity contribution in [3.63, 3.8) is 0 Å². The topological polar surface area (TPSA) is 118 Å². The van der Waals surface area contributed by atoms with E-state index in [0.717, 1.165) is 43.1 Å². The van der Waals surface area contributed by atoms with Gasteiger partial charge in [0.25, 0.3) is 0 Å². The van der Waals surface area contributed by atoms with Crippen molar-refractivity contribution in [2.24, 2.45) is 16.5 Å². The number of morpholine rings is 1. The molecule has 8 heteroatoms. The maximum atomic E-state index is 12.4. The SMILES string of the molecule is C=C(N=C/C=C(\N)c1ccc(NC(=O)[C@H](N)c2ccccc2)cc1)Nc1ccc(N2CCOCC2)cc1. The number of anilines is 3. The number of hydrogen-bond donors (Lipinski definition) is 4. The third kappa shape index (κ3) is 7.30. The molecule has 1 fully saturated rings. The van der Waals surface area contributed by atoms with E-state index in [1.165, 1.54) is 5.69 Å². The highest BCUT2D eigenvalue weighted by molar-refractivity contribution is 5.95. The normalized spacial score (nSPS) is 14.8. The Labute approximate surface area is 217 Å². The zero-order valence-electron chi connectivity index (χ0n) is 20.6. The van der Waals surface area contributed by atoms with Crippen LogP contribution in [0.3, 0.4) is 0 Å². The number of nitrogens with two attached hydrogens (primary N) is 2. The predicted octanol–water partition coefficient (Wildman–Crippen LogP) is 4.12. The Morgan fingerprint density at radius 2 is 1.57 bits per heavy atom. The number of ether oxygens (including phenoxy) is 1. The molecule has 0 unspecified atom stereocenters. The van der Waals surface area contributed by atoms with Crippen molar-refractivity contribution in [1.29, 1.82) is 0 Å². The number of rotatable bonds is 9. The molecule has 1 heterocycles. The second-order valence-electron chi connectivity index (χ2n) is 8.57. The lowest BCUT2D eigenvalue weighted by molar-refractivity contribution is -0.117. The predicted molar refractivity (Wildman–Crippen MR) is 151 cm³/mol. The van der Waals surface area contributed by atoms with Crippen molar-refractivity contribution in [3.8, 4) is 0 Å². The number of amides is 1. The fourth-order valence-corrected chi connectivity index (χ4v) is 3.86. The van der Waals surface area contributed by atoms with Crippen molar-refractivity contribution in [2.45, 2.75) is 6.04 Å². The highest BCUT2D eigenvalue weighted by atomic mass is 16.5. The minimum atomic E-state index is -0.744. The molecular weight excluding hydrogens is 464 g/mol. The molecule has 6 N–H and O–H groups in total. The van der Waals surface area contributed by atoms with Crippen LogP contribution in [0.2, 0.25) is 0 Å². The van der Waals surface area contributed by atoms with Crippen molar-refractivity contribution in [3.05, 3.63) is 108 Å². The van der Waals surface area contributed by atoms with E-state index < -0.39 is 6.04 Å². The van der Waals surface area contributed by atoms with Crippen LogP contribution in [0.4, 0.5) is 17.1 Å². The first-order chi connectivity index (χ1) is 18.0. The largest absolute Gasteiger partial charge is 0.398 e. The quantitative estimate of drug-likeness (QED) is 0.331. The fraction of sp³-hybridized carbons (Fsp3) is 0.172. The average Bonchev–Trinajstić information content (AvgIpc) is 2.94. The molecule has 1 aliphatic rings. The van der Waals surface area contributed by atoms with E-state index in [4.69, 9.17) is 16.2 Å². The third-order valence-corrected chi connectivity index (χ3v) is 5.94. The van der Waals surface area contributed by atoms with Gasteiger partial charge in [-0.3, -0.25) is 4.79 Å². The van der Waals surface area contributed by atoms with Crippen LogP contribution in [0, 0.1) is 0 Å². The summed E-state index contributed by atoms with van der Waals surface area (Å²) in [5, 5.41) is 6.01. The van der Waals surface area contributed by atoms with Crippen molar-refractivity contribution in [2.75, 3.05) is 41.8 Å². The van der Waals surface area contributed by atoms with Gasteiger partial charge < -0.3 is 31.7 Å². The number of nitrogens with one attached hydrogen (secondary N) is 2. The zero-order chi connectivity index (χ0) is 26.0. The Morgan fingerprint density at radius 3 is 2.24 bits per heavy atom. The smallest absolute Gasteiger partial charge is 0.245 e. The molecule has 0 radical (unpaired) electrons. The summed E-state index contributed by atoms with van der Waals surface area (Å²) < 4.78 is 5.41. The van der Waals surface area contributed by atoms with Gasteiger partial charge in [-0.15, -0.1) is 0 Å². The van der Waals surface area contributed by atoms with Gasteiger partial charge in [0.15, 0.2) is 0 Å². The first-order valence-corrected chi connectivity index (χ1v) is 12.1. The van der Waals surface area contributed by atoms with Crippen LogP contribution in [0.1, 0.15) is 17.2 Å². The number of nitrogens with zero attached hydrogens (tertiary/aromatic N) is 2. The summed E-state index contributed by atoms with van der Waals surface area (Å²) in [4.78, 5) is 19.1. The number of hydrogen-bond acceptors (Lipinski definition) is 7. The van der Waals surface area contributed by atoms with Crippen LogP contribution >= 0.6 is 0 Å². The van der Waals surface area contributed by atoms with Crippen LogP contribution in [-0.4, -0.2) is 38.4 Å². The number of carbonyl (C=O) groups is 1. The minimum Gasteiger partial charge on any atom is -0.398 e. The molecular formula is C29H32N6O2. The van der Waals surface area contributed by atoms with Gasteiger partial charge in [-0.05, 0) is 53.6 Å². The lowest BCUT2D eigenvalue weighted by atomic mass is 10.1. The molecule has 0 aliphatic carbocycles. The second kappa shape index (κ2) is 12.5.